The second-order valence-corrected chi connectivity index (χ2v) is 7.70. The van der Waals surface area contributed by atoms with Gasteiger partial charge in [-0.1, -0.05) is 11.6 Å². The standard InChI is InChI=1S/C20H18ClF4N3O/c1-11-6-13(29-19(22)23)7-15(21)17(11)27-18-14-3-5-28(16(14)2-4-26-18)10-12-8-20(24,25)9-12/h2-7,12,19H,8-10H2,1H3,(H,26,27). The van der Waals surface area contributed by atoms with Crippen LogP contribution >= 0.6 is 11.6 Å². The Morgan fingerprint density at radius 1 is 1.31 bits per heavy atom. The number of hydrogen-bond acceptors (Lipinski definition) is 3. The Bertz CT molecular complexity index is 1020. The smallest absolute Gasteiger partial charge is 0.387 e. The molecule has 1 saturated carbocycles. The third kappa shape index (κ3) is 4.12. The van der Waals surface area contributed by atoms with Gasteiger partial charge in [0.1, 0.15) is 11.6 Å². The molecule has 154 valence electrons. The van der Waals surface area contributed by atoms with Gasteiger partial charge in [-0.3, -0.25) is 0 Å². The molecule has 0 amide bonds. The number of fused-ring (bicyclic) bond motifs is 1. The molecular formula is C20H18ClF4N3O. The van der Waals surface area contributed by atoms with Gasteiger partial charge in [-0.15, -0.1) is 0 Å². The summed E-state index contributed by atoms with van der Waals surface area (Å²) in [6.07, 6.45) is 3.28. The number of pyridine rings is 1. The molecule has 3 aromatic rings. The van der Waals surface area contributed by atoms with Crippen molar-refractivity contribution in [2.45, 2.75) is 38.8 Å². The summed E-state index contributed by atoms with van der Waals surface area (Å²) >= 11 is 6.25. The first-order valence-electron chi connectivity index (χ1n) is 9.05. The monoisotopic (exact) mass is 427 g/mol. The summed E-state index contributed by atoms with van der Waals surface area (Å²) in [4.78, 5) is 4.35. The van der Waals surface area contributed by atoms with Crippen molar-refractivity contribution in [3.8, 4) is 5.75 Å². The summed E-state index contributed by atoms with van der Waals surface area (Å²) in [6.45, 7) is -0.702. The normalized spacial score (nSPS) is 16.2. The predicted octanol–water partition coefficient (Wildman–Crippen LogP) is 6.39. The Morgan fingerprint density at radius 2 is 2.07 bits per heavy atom. The molecule has 0 saturated heterocycles. The molecule has 1 fully saturated rings. The maximum Gasteiger partial charge on any atom is 0.387 e. The highest BCUT2D eigenvalue weighted by Crippen LogP contribution is 2.43. The summed E-state index contributed by atoms with van der Waals surface area (Å²) < 4.78 is 57.5. The molecule has 2 aromatic heterocycles. The molecule has 2 heterocycles. The van der Waals surface area contributed by atoms with Crippen LogP contribution in [-0.2, 0) is 6.54 Å². The lowest BCUT2D eigenvalue weighted by atomic mass is 9.81. The van der Waals surface area contributed by atoms with Crippen LogP contribution in [0.15, 0.2) is 36.7 Å². The van der Waals surface area contributed by atoms with E-state index in [2.05, 4.69) is 15.0 Å². The summed E-state index contributed by atoms with van der Waals surface area (Å²) in [5.41, 5.74) is 2.01. The summed E-state index contributed by atoms with van der Waals surface area (Å²) in [5, 5.41) is 4.18. The van der Waals surface area contributed by atoms with E-state index in [1.165, 1.54) is 12.1 Å². The molecule has 0 aliphatic heterocycles. The van der Waals surface area contributed by atoms with E-state index in [1.54, 1.807) is 13.1 Å². The van der Waals surface area contributed by atoms with Crippen molar-refractivity contribution in [3.63, 3.8) is 0 Å². The highest BCUT2D eigenvalue weighted by molar-refractivity contribution is 6.33. The van der Waals surface area contributed by atoms with E-state index in [9.17, 15) is 17.6 Å². The van der Waals surface area contributed by atoms with Gasteiger partial charge in [0.15, 0.2) is 0 Å². The zero-order chi connectivity index (χ0) is 20.8. The Morgan fingerprint density at radius 3 is 2.72 bits per heavy atom. The topological polar surface area (TPSA) is 39.1 Å². The number of aromatic nitrogens is 2. The Hall–Kier alpha value is -2.48. The van der Waals surface area contributed by atoms with Crippen molar-refractivity contribution in [3.05, 3.63) is 47.2 Å². The number of benzene rings is 1. The first-order chi connectivity index (χ1) is 13.7. The van der Waals surface area contributed by atoms with E-state index in [4.69, 9.17) is 11.6 Å². The number of hydrogen-bond donors (Lipinski definition) is 1. The number of aryl methyl sites for hydroxylation is 1. The maximum absolute atomic E-state index is 13.1. The second-order valence-electron chi connectivity index (χ2n) is 7.29. The predicted molar refractivity (Wildman–Crippen MR) is 104 cm³/mol. The van der Waals surface area contributed by atoms with Crippen molar-refractivity contribution < 1.29 is 22.3 Å². The van der Waals surface area contributed by atoms with Gasteiger partial charge < -0.3 is 14.6 Å². The fourth-order valence-corrected chi connectivity index (χ4v) is 4.04. The highest BCUT2D eigenvalue weighted by atomic mass is 35.5. The lowest BCUT2D eigenvalue weighted by Gasteiger charge is -2.35. The molecule has 0 unspecified atom stereocenters. The lowest BCUT2D eigenvalue weighted by molar-refractivity contribution is -0.113. The van der Waals surface area contributed by atoms with Crippen molar-refractivity contribution in [2.24, 2.45) is 5.92 Å². The fourth-order valence-electron chi connectivity index (χ4n) is 3.73. The van der Waals surface area contributed by atoms with Gasteiger partial charge in [-0.25, -0.2) is 13.8 Å². The van der Waals surface area contributed by atoms with Crippen LogP contribution in [0.4, 0.5) is 29.1 Å². The number of rotatable bonds is 6. The average molecular weight is 428 g/mol. The summed E-state index contributed by atoms with van der Waals surface area (Å²) in [6, 6.07) is 6.46. The maximum atomic E-state index is 13.1. The van der Waals surface area contributed by atoms with E-state index >= 15 is 0 Å². The highest BCUT2D eigenvalue weighted by Gasteiger charge is 2.45. The molecule has 9 heteroatoms. The molecule has 4 nitrogen and oxygen atoms in total. The zero-order valence-electron chi connectivity index (χ0n) is 15.4. The molecule has 1 aliphatic carbocycles. The van der Waals surface area contributed by atoms with Gasteiger partial charge >= 0.3 is 6.61 Å². The van der Waals surface area contributed by atoms with Crippen molar-refractivity contribution >= 4 is 34.0 Å². The molecule has 0 radical (unpaired) electrons. The van der Waals surface area contributed by atoms with Gasteiger partial charge in [0.05, 0.1) is 16.2 Å². The first-order valence-corrected chi connectivity index (χ1v) is 9.43. The molecular weight excluding hydrogens is 410 g/mol. The summed E-state index contributed by atoms with van der Waals surface area (Å²) in [5.74, 6) is -2.09. The van der Waals surface area contributed by atoms with Gasteiger partial charge in [0, 0.05) is 43.2 Å². The van der Waals surface area contributed by atoms with E-state index < -0.39 is 12.5 Å². The van der Waals surface area contributed by atoms with Crippen LogP contribution in [0.5, 0.6) is 5.75 Å². The molecule has 0 bridgehead atoms. The first kappa shape index (κ1) is 19.8. The van der Waals surface area contributed by atoms with E-state index in [0.717, 1.165) is 10.9 Å². The Labute approximate surface area is 169 Å². The Balaban J connectivity index is 1.59. The molecule has 29 heavy (non-hydrogen) atoms. The van der Waals surface area contributed by atoms with Crippen molar-refractivity contribution in [1.82, 2.24) is 9.55 Å². The van der Waals surface area contributed by atoms with Crippen LogP contribution in [0.2, 0.25) is 5.02 Å². The van der Waals surface area contributed by atoms with Gasteiger partial charge in [0.2, 0.25) is 5.92 Å². The third-order valence-electron chi connectivity index (χ3n) is 5.06. The molecule has 4 rings (SSSR count). The molecule has 1 aromatic carbocycles. The molecule has 0 atom stereocenters. The zero-order valence-corrected chi connectivity index (χ0v) is 16.2. The van der Waals surface area contributed by atoms with Crippen LogP contribution in [0.3, 0.4) is 0 Å². The molecule has 0 spiro atoms. The summed E-state index contributed by atoms with van der Waals surface area (Å²) in [7, 11) is 0. The van der Waals surface area contributed by atoms with Crippen molar-refractivity contribution in [1.29, 1.82) is 0 Å². The van der Waals surface area contributed by atoms with Gasteiger partial charge in [0.25, 0.3) is 0 Å². The minimum atomic E-state index is -2.94. The van der Waals surface area contributed by atoms with E-state index in [1.807, 2.05) is 22.9 Å². The second kappa shape index (κ2) is 7.40. The lowest BCUT2D eigenvalue weighted by Crippen LogP contribution is -2.37. The number of anilines is 2. The largest absolute Gasteiger partial charge is 0.435 e. The number of nitrogens with zero attached hydrogens (tertiary/aromatic N) is 2. The van der Waals surface area contributed by atoms with Crippen LogP contribution in [0.1, 0.15) is 18.4 Å². The van der Waals surface area contributed by atoms with E-state index in [-0.39, 0.29) is 29.5 Å². The number of alkyl halides is 4. The third-order valence-corrected chi connectivity index (χ3v) is 5.35. The van der Waals surface area contributed by atoms with Crippen LogP contribution in [0.25, 0.3) is 10.9 Å². The van der Waals surface area contributed by atoms with Crippen LogP contribution in [-0.4, -0.2) is 22.1 Å². The number of halogens is 5. The van der Waals surface area contributed by atoms with Gasteiger partial charge in [-0.05, 0) is 36.6 Å². The molecule has 1 N–H and O–H groups in total. The number of ether oxygens (including phenoxy) is 1. The fraction of sp³-hybridized carbons (Fsp3) is 0.350. The quantitative estimate of drug-likeness (QED) is 0.463. The van der Waals surface area contributed by atoms with Crippen LogP contribution < -0.4 is 10.1 Å². The Kier molecular flexibility index (Phi) is 5.06. The SMILES string of the molecule is Cc1cc(OC(F)F)cc(Cl)c1Nc1nccc2c1ccn2CC1CC(F)(F)C1. The van der Waals surface area contributed by atoms with Crippen molar-refractivity contribution in [2.75, 3.05) is 5.32 Å². The molecule has 1 aliphatic rings. The number of nitrogens with one attached hydrogen (secondary N) is 1. The van der Waals surface area contributed by atoms with Gasteiger partial charge in [-0.2, -0.15) is 8.78 Å². The van der Waals surface area contributed by atoms with E-state index in [0.29, 0.717) is 23.6 Å². The minimum Gasteiger partial charge on any atom is -0.435 e. The van der Waals surface area contributed by atoms with Crippen LogP contribution in [0, 0.1) is 12.8 Å². The minimum absolute atomic E-state index is 0.0253. The average Bonchev–Trinajstić information content (AvgIpc) is 3.00.